The molecular weight excluding hydrogens is 386 g/mol. The fourth-order valence-electron chi connectivity index (χ4n) is 3.31. The van der Waals surface area contributed by atoms with Crippen LogP contribution in [-0.2, 0) is 6.61 Å². The molecule has 1 N–H and O–H groups in total. The van der Waals surface area contributed by atoms with E-state index in [1.165, 1.54) is 5.56 Å². The van der Waals surface area contributed by atoms with Crippen molar-refractivity contribution in [1.29, 1.82) is 5.26 Å². The molecule has 0 radical (unpaired) electrons. The molecule has 0 aliphatic rings. The van der Waals surface area contributed by atoms with E-state index >= 15 is 0 Å². The second-order valence-corrected chi connectivity index (χ2v) is 7.46. The number of aryl methyl sites for hydroxylation is 2. The van der Waals surface area contributed by atoms with E-state index in [0.717, 1.165) is 27.7 Å². The van der Waals surface area contributed by atoms with Crippen molar-refractivity contribution >= 4 is 22.7 Å². The molecular formula is C26H23N3O2. The maximum absolute atomic E-state index is 9.73. The predicted molar refractivity (Wildman–Crippen MR) is 123 cm³/mol. The third kappa shape index (κ3) is 4.59. The molecule has 31 heavy (non-hydrogen) atoms. The van der Waals surface area contributed by atoms with Crippen molar-refractivity contribution in [3.63, 3.8) is 0 Å². The average Bonchev–Trinajstić information content (AvgIpc) is 3.20. The first-order valence-electron chi connectivity index (χ1n) is 10.0. The SMILES string of the molecule is COc1ccc(/C=C(/C#N)c2nc3ccc(C)cc3[nH]2)cc1OCc1ccc(C)cc1. The summed E-state index contributed by atoms with van der Waals surface area (Å²) < 4.78 is 11.5. The highest BCUT2D eigenvalue weighted by Crippen LogP contribution is 2.30. The van der Waals surface area contributed by atoms with Crippen molar-refractivity contribution in [2.45, 2.75) is 20.5 Å². The molecule has 5 heteroatoms. The maximum Gasteiger partial charge on any atom is 0.162 e. The minimum atomic E-state index is 0.428. The zero-order valence-corrected chi connectivity index (χ0v) is 17.8. The number of hydrogen-bond donors (Lipinski definition) is 1. The van der Waals surface area contributed by atoms with Gasteiger partial charge in [-0.2, -0.15) is 5.26 Å². The summed E-state index contributed by atoms with van der Waals surface area (Å²) >= 11 is 0. The maximum atomic E-state index is 9.73. The summed E-state index contributed by atoms with van der Waals surface area (Å²) in [5.41, 5.74) is 6.43. The van der Waals surface area contributed by atoms with Crippen LogP contribution < -0.4 is 9.47 Å². The lowest BCUT2D eigenvalue weighted by Gasteiger charge is -2.12. The summed E-state index contributed by atoms with van der Waals surface area (Å²) in [5, 5.41) is 9.73. The third-order valence-corrected chi connectivity index (χ3v) is 5.03. The number of nitriles is 1. The Morgan fingerprint density at radius 2 is 1.77 bits per heavy atom. The van der Waals surface area contributed by atoms with Gasteiger partial charge in [0.15, 0.2) is 11.5 Å². The van der Waals surface area contributed by atoms with Crippen molar-refractivity contribution < 1.29 is 9.47 Å². The average molecular weight is 409 g/mol. The number of H-pyrrole nitrogens is 1. The van der Waals surface area contributed by atoms with Crippen LogP contribution in [0.1, 0.15) is 28.1 Å². The lowest BCUT2D eigenvalue weighted by Crippen LogP contribution is -1.98. The molecule has 4 rings (SSSR count). The number of aromatic nitrogens is 2. The Kier molecular flexibility index (Phi) is 5.72. The van der Waals surface area contributed by atoms with Gasteiger partial charge >= 0.3 is 0 Å². The number of imidazole rings is 1. The number of hydrogen-bond acceptors (Lipinski definition) is 4. The molecule has 1 heterocycles. The molecule has 5 nitrogen and oxygen atoms in total. The van der Waals surface area contributed by atoms with Gasteiger partial charge in [0.05, 0.1) is 23.7 Å². The highest BCUT2D eigenvalue weighted by molar-refractivity contribution is 5.90. The second kappa shape index (κ2) is 8.76. The van der Waals surface area contributed by atoms with E-state index in [4.69, 9.17) is 9.47 Å². The highest BCUT2D eigenvalue weighted by Gasteiger charge is 2.10. The van der Waals surface area contributed by atoms with E-state index in [1.54, 1.807) is 13.2 Å². The molecule has 0 saturated carbocycles. The first kappa shape index (κ1) is 20.2. The minimum Gasteiger partial charge on any atom is -0.493 e. The third-order valence-electron chi connectivity index (χ3n) is 5.03. The number of aromatic amines is 1. The lowest BCUT2D eigenvalue weighted by atomic mass is 10.1. The normalized spacial score (nSPS) is 11.4. The van der Waals surface area contributed by atoms with Gasteiger partial charge in [0.2, 0.25) is 0 Å². The van der Waals surface area contributed by atoms with Crippen molar-refractivity contribution in [2.75, 3.05) is 7.11 Å². The van der Waals surface area contributed by atoms with Crippen molar-refractivity contribution in [3.05, 3.63) is 88.7 Å². The Balaban J connectivity index is 1.62. The van der Waals surface area contributed by atoms with Gasteiger partial charge in [0.1, 0.15) is 18.5 Å². The summed E-state index contributed by atoms with van der Waals surface area (Å²) in [7, 11) is 1.61. The lowest BCUT2D eigenvalue weighted by molar-refractivity contribution is 0.284. The summed E-state index contributed by atoms with van der Waals surface area (Å²) in [5.74, 6) is 1.80. The van der Waals surface area contributed by atoms with Crippen LogP contribution in [0.2, 0.25) is 0 Å². The molecule has 4 aromatic rings. The quantitative estimate of drug-likeness (QED) is 0.407. The van der Waals surface area contributed by atoms with Crippen LogP contribution in [0.15, 0.2) is 60.7 Å². The number of nitrogens with zero attached hydrogens (tertiary/aromatic N) is 2. The van der Waals surface area contributed by atoms with Crippen LogP contribution in [0.4, 0.5) is 0 Å². The molecule has 0 saturated heterocycles. The van der Waals surface area contributed by atoms with Crippen molar-refractivity contribution in [2.24, 2.45) is 0 Å². The Bertz CT molecular complexity index is 1290. The van der Waals surface area contributed by atoms with Gasteiger partial charge < -0.3 is 14.5 Å². The Labute approximate surface area is 181 Å². The van der Waals surface area contributed by atoms with E-state index in [9.17, 15) is 5.26 Å². The smallest absolute Gasteiger partial charge is 0.162 e. The van der Waals surface area contributed by atoms with E-state index in [1.807, 2.05) is 55.5 Å². The predicted octanol–water partition coefficient (Wildman–Crippen LogP) is 5.83. The minimum absolute atomic E-state index is 0.428. The van der Waals surface area contributed by atoms with Gasteiger partial charge in [-0.25, -0.2) is 4.98 Å². The van der Waals surface area contributed by atoms with Gasteiger partial charge in [-0.05, 0) is 60.9 Å². The molecule has 154 valence electrons. The number of allylic oxidation sites excluding steroid dienone is 1. The molecule has 1 aromatic heterocycles. The largest absolute Gasteiger partial charge is 0.493 e. The number of nitrogens with one attached hydrogen (secondary N) is 1. The number of fused-ring (bicyclic) bond motifs is 1. The first-order chi connectivity index (χ1) is 15.1. The van der Waals surface area contributed by atoms with Gasteiger partial charge in [0, 0.05) is 0 Å². The van der Waals surface area contributed by atoms with E-state index in [2.05, 4.69) is 35.1 Å². The standard InChI is InChI=1S/C26H23N3O2/c1-17-4-7-19(8-5-17)16-31-25-14-20(9-11-24(25)30-3)13-21(15-27)26-28-22-10-6-18(2)12-23(22)29-26/h4-14H,16H2,1-3H3,(H,28,29)/b21-13-. The molecule has 3 aromatic carbocycles. The number of rotatable bonds is 6. The first-order valence-corrected chi connectivity index (χ1v) is 10.0. The van der Waals surface area contributed by atoms with Crippen LogP contribution in [0, 0.1) is 25.2 Å². The van der Waals surface area contributed by atoms with Gasteiger partial charge in [-0.15, -0.1) is 0 Å². The summed E-state index contributed by atoms with van der Waals surface area (Å²) in [6.07, 6.45) is 1.79. The molecule has 0 spiro atoms. The summed E-state index contributed by atoms with van der Waals surface area (Å²) in [6, 6.07) is 22.0. The second-order valence-electron chi connectivity index (χ2n) is 7.46. The fourth-order valence-corrected chi connectivity index (χ4v) is 3.31. The zero-order valence-electron chi connectivity index (χ0n) is 17.8. The van der Waals surface area contributed by atoms with Gasteiger partial charge in [-0.1, -0.05) is 42.0 Å². The summed E-state index contributed by atoms with van der Waals surface area (Å²) in [4.78, 5) is 7.80. The molecule has 0 fully saturated rings. The molecule has 0 amide bonds. The topological polar surface area (TPSA) is 70.9 Å². The van der Waals surface area contributed by atoms with E-state index in [0.29, 0.717) is 29.5 Å². The monoisotopic (exact) mass is 409 g/mol. The molecule has 0 unspecified atom stereocenters. The van der Waals surface area contributed by atoms with Crippen LogP contribution in [0.25, 0.3) is 22.7 Å². The Morgan fingerprint density at radius 1 is 1.00 bits per heavy atom. The summed E-state index contributed by atoms with van der Waals surface area (Å²) in [6.45, 7) is 4.51. The van der Waals surface area contributed by atoms with Crippen molar-refractivity contribution in [3.8, 4) is 17.6 Å². The van der Waals surface area contributed by atoms with E-state index < -0.39 is 0 Å². The van der Waals surface area contributed by atoms with Crippen molar-refractivity contribution in [1.82, 2.24) is 9.97 Å². The number of benzene rings is 3. The highest BCUT2D eigenvalue weighted by atomic mass is 16.5. The van der Waals surface area contributed by atoms with Gasteiger partial charge in [-0.3, -0.25) is 0 Å². The zero-order chi connectivity index (χ0) is 21.8. The fraction of sp³-hybridized carbons (Fsp3) is 0.154. The Morgan fingerprint density at radius 3 is 2.52 bits per heavy atom. The van der Waals surface area contributed by atoms with Crippen LogP contribution in [0.3, 0.4) is 0 Å². The molecule has 0 bridgehead atoms. The number of methoxy groups -OCH3 is 1. The van der Waals surface area contributed by atoms with Crippen LogP contribution in [-0.4, -0.2) is 17.1 Å². The molecule has 0 aliphatic carbocycles. The Hall–Kier alpha value is -4.04. The van der Waals surface area contributed by atoms with Crippen LogP contribution >= 0.6 is 0 Å². The van der Waals surface area contributed by atoms with Gasteiger partial charge in [0.25, 0.3) is 0 Å². The molecule has 0 atom stereocenters. The number of ether oxygens (including phenoxy) is 2. The van der Waals surface area contributed by atoms with E-state index in [-0.39, 0.29) is 0 Å². The van der Waals surface area contributed by atoms with Crippen LogP contribution in [0.5, 0.6) is 11.5 Å². The molecule has 0 aliphatic heterocycles.